The van der Waals surface area contributed by atoms with Gasteiger partial charge in [0.05, 0.1) is 5.69 Å². The van der Waals surface area contributed by atoms with Gasteiger partial charge in [-0.25, -0.2) is 4.68 Å². The molecular weight excluding hydrogens is 298 g/mol. The maximum atomic E-state index is 5.67. The summed E-state index contributed by atoms with van der Waals surface area (Å²) in [5, 5.41) is 11.0. The molecule has 3 aromatic rings. The predicted octanol–water partition coefficient (Wildman–Crippen LogP) is 0.0745. The number of hydrogen-bond donors (Lipinski definition) is 1. The van der Waals surface area contributed by atoms with Gasteiger partial charge in [0.25, 0.3) is 0 Å². The van der Waals surface area contributed by atoms with E-state index < -0.39 is 0 Å². The molecule has 10 heteroatoms. The van der Waals surface area contributed by atoms with Crippen LogP contribution in [0.1, 0.15) is 5.82 Å². The molecule has 10 nitrogen and oxygen atoms in total. The van der Waals surface area contributed by atoms with E-state index in [1.165, 1.54) is 6.33 Å². The van der Waals surface area contributed by atoms with Crippen LogP contribution >= 0.6 is 0 Å². The third kappa shape index (κ3) is 3.48. The van der Waals surface area contributed by atoms with Crippen LogP contribution < -0.4 is 15.4 Å². The number of aromatic nitrogens is 7. The first-order valence-corrected chi connectivity index (χ1v) is 6.76. The smallest absolute Gasteiger partial charge is 0.230 e. The van der Waals surface area contributed by atoms with E-state index in [0.717, 1.165) is 5.69 Å². The van der Waals surface area contributed by atoms with Crippen molar-refractivity contribution < 1.29 is 4.74 Å². The van der Waals surface area contributed by atoms with Crippen molar-refractivity contribution >= 4 is 11.9 Å². The highest BCUT2D eigenvalue weighted by molar-refractivity contribution is 5.36. The molecule has 2 aromatic heterocycles. The van der Waals surface area contributed by atoms with Gasteiger partial charge in [-0.3, -0.25) is 0 Å². The molecule has 0 aliphatic heterocycles. The molecule has 0 spiro atoms. The third-order valence-electron chi connectivity index (χ3n) is 2.91. The molecule has 1 aromatic carbocycles. The molecular formula is C13H15N9O. The minimum absolute atomic E-state index is 0.163. The van der Waals surface area contributed by atoms with E-state index in [-0.39, 0.29) is 12.6 Å². The van der Waals surface area contributed by atoms with Crippen LogP contribution in [0.25, 0.3) is 5.69 Å². The standard InChI is InChI=1S/C13H15N9O/c1-21(2)13-17-11(16-12(14)18-13)7-23-10-5-3-9(4-6-10)22-8-15-19-20-22/h3-6,8H,7H2,1-2H3,(H2,14,16,17,18). The average molecular weight is 313 g/mol. The van der Waals surface area contributed by atoms with Gasteiger partial charge >= 0.3 is 0 Å². The summed E-state index contributed by atoms with van der Waals surface area (Å²) in [7, 11) is 3.66. The molecule has 0 amide bonds. The zero-order valence-electron chi connectivity index (χ0n) is 12.7. The van der Waals surface area contributed by atoms with E-state index in [4.69, 9.17) is 10.5 Å². The van der Waals surface area contributed by atoms with Crippen molar-refractivity contribution in [2.45, 2.75) is 6.61 Å². The number of nitrogen functional groups attached to an aromatic ring is 1. The van der Waals surface area contributed by atoms with Crippen molar-refractivity contribution in [2.24, 2.45) is 0 Å². The number of tetrazole rings is 1. The van der Waals surface area contributed by atoms with E-state index in [1.54, 1.807) is 9.58 Å². The van der Waals surface area contributed by atoms with Crippen LogP contribution in [0.15, 0.2) is 30.6 Å². The fourth-order valence-corrected chi connectivity index (χ4v) is 1.81. The lowest BCUT2D eigenvalue weighted by Crippen LogP contribution is -2.16. The van der Waals surface area contributed by atoms with Crippen molar-refractivity contribution in [3.8, 4) is 11.4 Å². The highest BCUT2D eigenvalue weighted by Crippen LogP contribution is 2.15. The SMILES string of the molecule is CN(C)c1nc(N)nc(COc2ccc(-n3cnnn3)cc2)n1. The molecule has 0 saturated heterocycles. The normalized spacial score (nSPS) is 10.5. The Morgan fingerprint density at radius 3 is 2.57 bits per heavy atom. The van der Waals surface area contributed by atoms with E-state index in [9.17, 15) is 0 Å². The first-order chi connectivity index (χ1) is 11.1. The molecule has 0 bridgehead atoms. The molecule has 0 fully saturated rings. The molecule has 0 saturated carbocycles. The lowest BCUT2D eigenvalue weighted by molar-refractivity contribution is 0.295. The first kappa shape index (κ1) is 14.6. The zero-order chi connectivity index (χ0) is 16.2. The topological polar surface area (TPSA) is 121 Å². The second-order valence-corrected chi connectivity index (χ2v) is 4.84. The Kier molecular flexibility index (Phi) is 3.95. The molecule has 0 aliphatic carbocycles. The highest BCUT2D eigenvalue weighted by Gasteiger charge is 2.07. The van der Waals surface area contributed by atoms with E-state index in [2.05, 4.69) is 30.5 Å². The number of ether oxygens (including phenoxy) is 1. The van der Waals surface area contributed by atoms with Crippen LogP contribution in [0.4, 0.5) is 11.9 Å². The van der Waals surface area contributed by atoms with Gasteiger partial charge in [0.2, 0.25) is 11.9 Å². The van der Waals surface area contributed by atoms with Crippen LogP contribution in [0.2, 0.25) is 0 Å². The molecule has 23 heavy (non-hydrogen) atoms. The van der Waals surface area contributed by atoms with Crippen molar-refractivity contribution in [1.29, 1.82) is 0 Å². The largest absolute Gasteiger partial charge is 0.486 e. The minimum Gasteiger partial charge on any atom is -0.486 e. The molecule has 2 heterocycles. The Labute approximate surface area is 131 Å². The van der Waals surface area contributed by atoms with Gasteiger partial charge in [0, 0.05) is 14.1 Å². The van der Waals surface area contributed by atoms with Gasteiger partial charge in [-0.1, -0.05) is 0 Å². The van der Waals surface area contributed by atoms with Gasteiger partial charge in [0.1, 0.15) is 18.7 Å². The van der Waals surface area contributed by atoms with Crippen molar-refractivity contribution in [3.05, 3.63) is 36.4 Å². The van der Waals surface area contributed by atoms with E-state index >= 15 is 0 Å². The summed E-state index contributed by atoms with van der Waals surface area (Å²) in [6, 6.07) is 7.32. The minimum atomic E-state index is 0.163. The number of nitrogens with two attached hydrogens (primary N) is 1. The van der Waals surface area contributed by atoms with Crippen LogP contribution in [0, 0.1) is 0 Å². The molecule has 0 aliphatic rings. The summed E-state index contributed by atoms with van der Waals surface area (Å²) >= 11 is 0. The van der Waals surface area contributed by atoms with Crippen molar-refractivity contribution in [3.63, 3.8) is 0 Å². The summed E-state index contributed by atoms with van der Waals surface area (Å²) < 4.78 is 7.22. The fraction of sp³-hybridized carbons (Fsp3) is 0.231. The lowest BCUT2D eigenvalue weighted by Gasteiger charge is -2.12. The average Bonchev–Trinajstić information content (AvgIpc) is 3.07. The van der Waals surface area contributed by atoms with Gasteiger partial charge in [-0.15, -0.1) is 5.10 Å². The number of nitrogens with zero attached hydrogens (tertiary/aromatic N) is 8. The van der Waals surface area contributed by atoms with Crippen LogP contribution in [-0.2, 0) is 6.61 Å². The fourth-order valence-electron chi connectivity index (χ4n) is 1.81. The second kappa shape index (κ2) is 6.22. The maximum absolute atomic E-state index is 5.67. The summed E-state index contributed by atoms with van der Waals surface area (Å²) in [5.74, 6) is 1.79. The third-order valence-corrected chi connectivity index (χ3v) is 2.91. The molecule has 2 N–H and O–H groups in total. The molecule has 0 unspecified atom stereocenters. The zero-order valence-corrected chi connectivity index (χ0v) is 12.7. The van der Waals surface area contributed by atoms with Gasteiger partial charge in [0.15, 0.2) is 5.82 Å². The van der Waals surface area contributed by atoms with Gasteiger partial charge in [-0.2, -0.15) is 15.0 Å². The van der Waals surface area contributed by atoms with Gasteiger partial charge in [-0.05, 0) is 34.7 Å². The van der Waals surface area contributed by atoms with Crippen LogP contribution in [0.5, 0.6) is 5.75 Å². The Morgan fingerprint density at radius 2 is 1.91 bits per heavy atom. The summed E-state index contributed by atoms with van der Waals surface area (Å²) in [6.07, 6.45) is 1.52. The molecule has 0 atom stereocenters. The van der Waals surface area contributed by atoms with Crippen molar-refractivity contribution in [1.82, 2.24) is 35.2 Å². The van der Waals surface area contributed by atoms with Crippen LogP contribution in [0.3, 0.4) is 0 Å². The predicted molar refractivity (Wildman–Crippen MR) is 82.1 cm³/mol. The number of anilines is 2. The number of rotatable bonds is 5. The first-order valence-electron chi connectivity index (χ1n) is 6.76. The maximum Gasteiger partial charge on any atom is 0.230 e. The Hall–Kier alpha value is -3.30. The summed E-state index contributed by atoms with van der Waals surface area (Å²) in [6.45, 7) is 0.192. The number of hydrogen-bond acceptors (Lipinski definition) is 9. The Bertz CT molecular complexity index is 771. The summed E-state index contributed by atoms with van der Waals surface area (Å²) in [5.41, 5.74) is 6.51. The summed E-state index contributed by atoms with van der Waals surface area (Å²) in [4.78, 5) is 14.1. The van der Waals surface area contributed by atoms with E-state index in [1.807, 2.05) is 38.4 Å². The Balaban J connectivity index is 1.69. The Morgan fingerprint density at radius 1 is 1.13 bits per heavy atom. The number of benzene rings is 1. The second-order valence-electron chi connectivity index (χ2n) is 4.84. The molecule has 3 rings (SSSR count). The van der Waals surface area contributed by atoms with E-state index in [0.29, 0.717) is 17.5 Å². The van der Waals surface area contributed by atoms with Crippen molar-refractivity contribution in [2.75, 3.05) is 24.7 Å². The molecule has 0 radical (unpaired) electrons. The van der Waals surface area contributed by atoms with Gasteiger partial charge < -0.3 is 15.4 Å². The lowest BCUT2D eigenvalue weighted by atomic mass is 10.3. The monoisotopic (exact) mass is 313 g/mol. The quantitative estimate of drug-likeness (QED) is 0.697. The van der Waals surface area contributed by atoms with Crippen LogP contribution in [-0.4, -0.2) is 49.3 Å². The highest BCUT2D eigenvalue weighted by atomic mass is 16.5. The molecule has 118 valence electrons.